The molecule has 1 aromatic rings. The predicted molar refractivity (Wildman–Crippen MR) is 78.5 cm³/mol. The van der Waals surface area contributed by atoms with Gasteiger partial charge in [-0.15, -0.1) is 11.8 Å². The Balaban J connectivity index is 2.26. The minimum atomic E-state index is -1.33. The first-order chi connectivity index (χ1) is 9.65. The van der Waals surface area contributed by atoms with Crippen LogP contribution in [0.15, 0.2) is 35.2 Å². The van der Waals surface area contributed by atoms with Gasteiger partial charge in [-0.2, -0.15) is 0 Å². The summed E-state index contributed by atoms with van der Waals surface area (Å²) in [6.45, 7) is -1.49. The molecule has 1 amide bonds. The minimum Gasteiger partial charge on any atom is -0.394 e. The van der Waals surface area contributed by atoms with Gasteiger partial charge in [-0.25, -0.2) is 0 Å². The van der Waals surface area contributed by atoms with Gasteiger partial charge in [0.1, 0.15) is 5.54 Å². The highest BCUT2D eigenvalue weighted by molar-refractivity contribution is 7.99. The SMILES string of the molecule is O=C(CCCSc1ccccc1)NC(CO)(CO)CO. The third-order valence-electron chi connectivity index (χ3n) is 2.87. The summed E-state index contributed by atoms with van der Waals surface area (Å²) < 4.78 is 0. The number of hydrogen-bond donors (Lipinski definition) is 4. The first-order valence-corrected chi connectivity index (χ1v) is 7.46. The average molecular weight is 299 g/mol. The van der Waals surface area contributed by atoms with E-state index in [0.29, 0.717) is 12.8 Å². The number of amides is 1. The standard InChI is InChI=1S/C14H21NO4S/c16-9-14(10-17,11-18)15-13(19)7-4-8-20-12-5-2-1-3-6-12/h1-3,5-6,16-18H,4,7-11H2,(H,15,19). The predicted octanol–water partition coefficient (Wildman–Crippen LogP) is 0.391. The summed E-state index contributed by atoms with van der Waals surface area (Å²) in [6.07, 6.45) is 0.978. The first-order valence-electron chi connectivity index (χ1n) is 6.47. The van der Waals surface area contributed by atoms with Crippen LogP contribution in [-0.4, -0.2) is 52.3 Å². The maximum atomic E-state index is 11.7. The van der Waals surface area contributed by atoms with E-state index in [1.54, 1.807) is 11.8 Å². The van der Waals surface area contributed by atoms with E-state index in [1.807, 2.05) is 30.3 Å². The highest BCUT2D eigenvalue weighted by Crippen LogP contribution is 2.18. The van der Waals surface area contributed by atoms with Crippen molar-refractivity contribution in [3.8, 4) is 0 Å². The molecule has 0 heterocycles. The van der Waals surface area contributed by atoms with Gasteiger partial charge in [-0.3, -0.25) is 4.79 Å². The normalized spacial score (nSPS) is 11.3. The fourth-order valence-corrected chi connectivity index (χ4v) is 2.44. The van der Waals surface area contributed by atoms with E-state index in [-0.39, 0.29) is 5.91 Å². The summed E-state index contributed by atoms with van der Waals surface area (Å²) in [6, 6.07) is 9.91. The highest BCUT2D eigenvalue weighted by Gasteiger charge is 2.29. The zero-order chi connectivity index (χ0) is 14.8. The van der Waals surface area contributed by atoms with Crippen molar-refractivity contribution in [2.24, 2.45) is 0 Å². The Kier molecular flexibility index (Phi) is 7.61. The molecular weight excluding hydrogens is 278 g/mol. The summed E-state index contributed by atoms with van der Waals surface area (Å²) in [4.78, 5) is 12.8. The molecule has 0 fully saturated rings. The molecular formula is C14H21NO4S. The lowest BCUT2D eigenvalue weighted by Crippen LogP contribution is -2.57. The molecule has 0 aromatic heterocycles. The smallest absolute Gasteiger partial charge is 0.220 e. The lowest BCUT2D eigenvalue weighted by Gasteiger charge is -2.28. The third kappa shape index (κ3) is 5.50. The Labute approximate surface area is 123 Å². The number of rotatable bonds is 9. The zero-order valence-electron chi connectivity index (χ0n) is 11.3. The minimum absolute atomic E-state index is 0.282. The summed E-state index contributed by atoms with van der Waals surface area (Å²) >= 11 is 1.67. The van der Waals surface area contributed by atoms with Crippen molar-refractivity contribution in [1.29, 1.82) is 0 Å². The number of hydrogen-bond acceptors (Lipinski definition) is 5. The van der Waals surface area contributed by atoms with Gasteiger partial charge in [0.2, 0.25) is 5.91 Å². The van der Waals surface area contributed by atoms with Crippen molar-refractivity contribution in [1.82, 2.24) is 5.32 Å². The van der Waals surface area contributed by atoms with E-state index in [4.69, 9.17) is 15.3 Å². The van der Waals surface area contributed by atoms with Crippen molar-refractivity contribution in [3.05, 3.63) is 30.3 Å². The van der Waals surface area contributed by atoms with E-state index >= 15 is 0 Å². The van der Waals surface area contributed by atoms with Crippen molar-refractivity contribution < 1.29 is 20.1 Å². The summed E-state index contributed by atoms with van der Waals surface area (Å²) in [5.74, 6) is 0.526. The molecule has 0 aliphatic heterocycles. The third-order valence-corrected chi connectivity index (χ3v) is 3.97. The van der Waals surface area contributed by atoms with Gasteiger partial charge in [0.25, 0.3) is 0 Å². The second-order valence-electron chi connectivity index (χ2n) is 4.57. The zero-order valence-corrected chi connectivity index (χ0v) is 12.1. The highest BCUT2D eigenvalue weighted by atomic mass is 32.2. The summed E-state index contributed by atoms with van der Waals surface area (Å²) in [5, 5.41) is 29.8. The fourth-order valence-electron chi connectivity index (χ4n) is 1.57. The number of thioether (sulfide) groups is 1. The van der Waals surface area contributed by atoms with Crippen LogP contribution in [0.5, 0.6) is 0 Å². The van der Waals surface area contributed by atoms with E-state index in [2.05, 4.69) is 5.32 Å². The Morgan fingerprint density at radius 1 is 1.10 bits per heavy atom. The van der Waals surface area contributed by atoms with Crippen molar-refractivity contribution in [2.45, 2.75) is 23.3 Å². The van der Waals surface area contributed by atoms with E-state index in [1.165, 1.54) is 0 Å². The summed E-state index contributed by atoms with van der Waals surface area (Å²) in [7, 11) is 0. The molecule has 5 nitrogen and oxygen atoms in total. The van der Waals surface area contributed by atoms with Crippen LogP contribution in [0.25, 0.3) is 0 Å². The number of nitrogens with one attached hydrogen (secondary N) is 1. The van der Waals surface area contributed by atoms with Crippen molar-refractivity contribution >= 4 is 17.7 Å². The van der Waals surface area contributed by atoms with Crippen LogP contribution < -0.4 is 5.32 Å². The molecule has 0 saturated carbocycles. The molecule has 112 valence electrons. The molecule has 0 aliphatic carbocycles. The molecule has 6 heteroatoms. The van der Waals surface area contributed by atoms with Gasteiger partial charge in [0.05, 0.1) is 19.8 Å². The van der Waals surface area contributed by atoms with Gasteiger partial charge in [0.15, 0.2) is 0 Å². The molecule has 1 rings (SSSR count). The molecule has 4 N–H and O–H groups in total. The molecule has 0 bridgehead atoms. The van der Waals surface area contributed by atoms with Gasteiger partial charge in [-0.05, 0) is 24.3 Å². The van der Waals surface area contributed by atoms with Gasteiger partial charge in [0, 0.05) is 11.3 Å². The number of carbonyl (C=O) groups is 1. The Bertz CT molecular complexity index is 387. The molecule has 0 radical (unpaired) electrons. The number of aliphatic hydroxyl groups excluding tert-OH is 3. The fraction of sp³-hybridized carbons (Fsp3) is 0.500. The van der Waals surface area contributed by atoms with Crippen LogP contribution in [0.1, 0.15) is 12.8 Å². The quantitative estimate of drug-likeness (QED) is 0.391. The molecule has 0 aliphatic rings. The molecule has 0 atom stereocenters. The lowest BCUT2D eigenvalue weighted by atomic mass is 10.0. The molecule has 20 heavy (non-hydrogen) atoms. The second-order valence-corrected chi connectivity index (χ2v) is 5.74. The maximum absolute atomic E-state index is 11.7. The Hall–Kier alpha value is -1.08. The van der Waals surface area contributed by atoms with E-state index in [9.17, 15) is 4.79 Å². The maximum Gasteiger partial charge on any atom is 0.220 e. The van der Waals surface area contributed by atoms with Crippen molar-refractivity contribution in [2.75, 3.05) is 25.6 Å². The Morgan fingerprint density at radius 3 is 2.25 bits per heavy atom. The van der Waals surface area contributed by atoms with Crippen molar-refractivity contribution in [3.63, 3.8) is 0 Å². The van der Waals surface area contributed by atoms with Gasteiger partial charge >= 0.3 is 0 Å². The average Bonchev–Trinajstić information content (AvgIpc) is 2.50. The number of aliphatic hydroxyl groups is 3. The Morgan fingerprint density at radius 2 is 1.70 bits per heavy atom. The van der Waals surface area contributed by atoms with Crippen LogP contribution in [0.3, 0.4) is 0 Å². The van der Waals surface area contributed by atoms with E-state index in [0.717, 1.165) is 10.6 Å². The molecule has 0 spiro atoms. The van der Waals surface area contributed by atoms with Crippen LogP contribution in [0, 0.1) is 0 Å². The van der Waals surface area contributed by atoms with Crippen LogP contribution >= 0.6 is 11.8 Å². The van der Waals surface area contributed by atoms with Gasteiger partial charge in [-0.1, -0.05) is 18.2 Å². The monoisotopic (exact) mass is 299 g/mol. The van der Waals surface area contributed by atoms with Gasteiger partial charge < -0.3 is 20.6 Å². The topological polar surface area (TPSA) is 89.8 Å². The summed E-state index contributed by atoms with van der Waals surface area (Å²) in [5.41, 5.74) is -1.33. The van der Waals surface area contributed by atoms with Crippen LogP contribution in [0.2, 0.25) is 0 Å². The molecule has 1 aromatic carbocycles. The van der Waals surface area contributed by atoms with E-state index < -0.39 is 25.4 Å². The van der Waals surface area contributed by atoms with Crippen LogP contribution in [-0.2, 0) is 4.79 Å². The second kappa shape index (κ2) is 8.97. The number of benzene rings is 1. The van der Waals surface area contributed by atoms with Crippen LogP contribution in [0.4, 0.5) is 0 Å². The molecule has 0 unspecified atom stereocenters. The number of carbonyl (C=O) groups excluding carboxylic acids is 1. The first kappa shape index (κ1) is 17.0. The lowest BCUT2D eigenvalue weighted by molar-refractivity contribution is -0.125. The largest absolute Gasteiger partial charge is 0.394 e. The molecule has 0 saturated heterocycles.